The van der Waals surface area contributed by atoms with Crippen LogP contribution in [0.5, 0.6) is 11.5 Å². The van der Waals surface area contributed by atoms with Gasteiger partial charge in [-0.1, -0.05) is 19.1 Å². The third-order valence-electron chi connectivity index (χ3n) is 5.10. The molecule has 1 heterocycles. The predicted octanol–water partition coefficient (Wildman–Crippen LogP) is 3.46. The minimum Gasteiger partial charge on any atom is -0.493 e. The lowest BCUT2D eigenvalue weighted by Crippen LogP contribution is -2.34. The van der Waals surface area contributed by atoms with E-state index >= 15 is 0 Å². The van der Waals surface area contributed by atoms with Crippen LogP contribution in [0, 0.1) is 0 Å². The van der Waals surface area contributed by atoms with Gasteiger partial charge in [-0.05, 0) is 44.6 Å². The summed E-state index contributed by atoms with van der Waals surface area (Å²) in [5.74, 6) is 1.75. The Balaban J connectivity index is 1.83. The van der Waals surface area contributed by atoms with Crippen LogP contribution in [0.2, 0.25) is 0 Å². The minimum atomic E-state index is -0.388. The van der Waals surface area contributed by atoms with Gasteiger partial charge in [-0.15, -0.1) is 0 Å². The number of amides is 1. The normalized spacial score (nSPS) is 22.8. The highest BCUT2D eigenvalue weighted by atomic mass is 16.6. The second kappa shape index (κ2) is 8.65. The smallest absolute Gasteiger partial charge is 0.407 e. The summed E-state index contributed by atoms with van der Waals surface area (Å²) in [7, 11) is 3.81. The van der Waals surface area contributed by atoms with E-state index in [1.807, 2.05) is 19.1 Å². The van der Waals surface area contributed by atoms with E-state index in [0.717, 1.165) is 31.0 Å². The Morgan fingerprint density at radius 2 is 2.15 bits per heavy atom. The molecule has 2 aliphatic rings. The second-order valence-electron chi connectivity index (χ2n) is 7.18. The Hall–Kier alpha value is -2.21. The molecule has 0 fully saturated rings. The Morgan fingerprint density at radius 3 is 2.85 bits per heavy atom. The molecule has 0 spiro atoms. The summed E-state index contributed by atoms with van der Waals surface area (Å²) in [6.45, 7) is 6.53. The molecule has 1 aromatic rings. The van der Waals surface area contributed by atoms with Crippen molar-refractivity contribution in [2.45, 2.75) is 51.4 Å². The topological polar surface area (TPSA) is 60.0 Å². The van der Waals surface area contributed by atoms with E-state index in [-0.39, 0.29) is 24.2 Å². The maximum Gasteiger partial charge on any atom is 0.407 e. The lowest BCUT2D eigenvalue weighted by molar-refractivity contribution is 0.0810. The molecule has 6 heteroatoms. The number of methoxy groups -OCH3 is 1. The molecule has 1 amide bonds. The van der Waals surface area contributed by atoms with Gasteiger partial charge in [0.05, 0.1) is 7.11 Å². The number of nitrogens with zero attached hydrogens (tertiary/aromatic N) is 1. The van der Waals surface area contributed by atoms with Gasteiger partial charge in [0.1, 0.15) is 12.2 Å². The van der Waals surface area contributed by atoms with Crippen molar-refractivity contribution in [1.82, 2.24) is 10.2 Å². The van der Waals surface area contributed by atoms with Crippen molar-refractivity contribution in [2.24, 2.45) is 0 Å². The van der Waals surface area contributed by atoms with Crippen LogP contribution < -0.4 is 14.8 Å². The molecule has 6 nitrogen and oxygen atoms in total. The van der Waals surface area contributed by atoms with Gasteiger partial charge in [0.15, 0.2) is 11.5 Å². The number of benzene rings is 1. The van der Waals surface area contributed by atoms with E-state index in [2.05, 4.69) is 36.3 Å². The van der Waals surface area contributed by atoms with Crippen molar-refractivity contribution in [3.05, 3.63) is 35.4 Å². The maximum atomic E-state index is 11.7. The zero-order chi connectivity index (χ0) is 19.4. The van der Waals surface area contributed by atoms with Gasteiger partial charge >= 0.3 is 6.09 Å². The van der Waals surface area contributed by atoms with Crippen LogP contribution in [-0.4, -0.2) is 50.4 Å². The number of ether oxygens (including phenoxy) is 3. The van der Waals surface area contributed by atoms with E-state index in [1.54, 1.807) is 7.11 Å². The Bertz CT molecular complexity index is 704. The van der Waals surface area contributed by atoms with Gasteiger partial charge in [0.2, 0.25) is 0 Å². The van der Waals surface area contributed by atoms with Crippen LogP contribution in [0.15, 0.2) is 24.3 Å². The summed E-state index contributed by atoms with van der Waals surface area (Å²) in [5, 5.41) is 2.67. The number of fused-ring (bicyclic) bond motifs is 3. The molecule has 0 saturated carbocycles. The molecular weight excluding hydrogens is 344 g/mol. The third kappa shape index (κ3) is 4.21. The van der Waals surface area contributed by atoms with Crippen LogP contribution in [0.4, 0.5) is 4.79 Å². The van der Waals surface area contributed by atoms with Crippen molar-refractivity contribution in [2.75, 3.05) is 27.2 Å². The molecule has 27 heavy (non-hydrogen) atoms. The fourth-order valence-corrected chi connectivity index (χ4v) is 3.94. The molecule has 3 unspecified atom stereocenters. The molecule has 0 radical (unpaired) electrons. The first-order chi connectivity index (χ1) is 13.1. The van der Waals surface area contributed by atoms with Crippen LogP contribution in [0.25, 0.3) is 0 Å². The van der Waals surface area contributed by atoms with Crippen LogP contribution in [-0.2, 0) is 11.3 Å². The van der Waals surface area contributed by atoms with Gasteiger partial charge in [-0.2, -0.15) is 0 Å². The van der Waals surface area contributed by atoms with Crippen molar-refractivity contribution in [3.8, 4) is 11.5 Å². The largest absolute Gasteiger partial charge is 0.493 e. The number of hydrogen-bond donors (Lipinski definition) is 1. The average molecular weight is 374 g/mol. The number of carbonyl (C=O) groups is 1. The predicted molar refractivity (Wildman–Crippen MR) is 104 cm³/mol. The molecule has 1 aliphatic heterocycles. The van der Waals surface area contributed by atoms with E-state index in [9.17, 15) is 4.79 Å². The number of alkyl carbamates (subject to hydrolysis) is 1. The molecular formula is C21H30N2O4. The number of rotatable bonds is 7. The molecule has 1 aromatic carbocycles. The van der Waals surface area contributed by atoms with Gasteiger partial charge in [-0.3, -0.25) is 0 Å². The van der Waals surface area contributed by atoms with E-state index in [4.69, 9.17) is 14.2 Å². The lowest BCUT2D eigenvalue weighted by Gasteiger charge is -2.26. The monoisotopic (exact) mass is 374 g/mol. The Kier molecular flexibility index (Phi) is 6.26. The number of nitrogens with one attached hydrogen (secondary N) is 1. The highest BCUT2D eigenvalue weighted by Gasteiger charge is 2.40. The van der Waals surface area contributed by atoms with Crippen molar-refractivity contribution < 1.29 is 19.0 Å². The van der Waals surface area contributed by atoms with Crippen molar-refractivity contribution in [1.29, 1.82) is 0 Å². The van der Waals surface area contributed by atoms with Crippen LogP contribution in [0.1, 0.15) is 43.7 Å². The fourth-order valence-electron chi connectivity index (χ4n) is 3.94. The van der Waals surface area contributed by atoms with E-state index < -0.39 is 0 Å². The van der Waals surface area contributed by atoms with Crippen LogP contribution in [0.3, 0.4) is 0 Å². The molecule has 0 bridgehead atoms. The summed E-state index contributed by atoms with van der Waals surface area (Å²) < 4.78 is 17.3. The molecule has 1 aliphatic carbocycles. The van der Waals surface area contributed by atoms with Crippen molar-refractivity contribution >= 4 is 6.09 Å². The SMILES string of the molecule is CCCN(C)Cc1ccc(OC)c2c1C1C=CC(OC(=O)NCC)CC1O2. The Labute approximate surface area is 161 Å². The van der Waals surface area contributed by atoms with Gasteiger partial charge in [-0.25, -0.2) is 4.79 Å². The summed E-state index contributed by atoms with van der Waals surface area (Å²) in [5.41, 5.74) is 2.47. The lowest BCUT2D eigenvalue weighted by atomic mass is 9.85. The first-order valence-corrected chi connectivity index (χ1v) is 9.75. The minimum absolute atomic E-state index is 0.0454. The molecule has 0 saturated heterocycles. The van der Waals surface area contributed by atoms with Crippen molar-refractivity contribution in [3.63, 3.8) is 0 Å². The van der Waals surface area contributed by atoms with Crippen LogP contribution >= 0.6 is 0 Å². The molecule has 1 N–H and O–H groups in total. The summed E-state index contributed by atoms with van der Waals surface area (Å²) in [6, 6.07) is 4.12. The zero-order valence-corrected chi connectivity index (χ0v) is 16.7. The van der Waals surface area contributed by atoms with Gasteiger partial charge in [0, 0.05) is 31.0 Å². The standard InChI is InChI=1S/C21H30N2O4/c1-5-11-23(3)13-14-7-10-17(25-4)20-19(14)16-9-8-15(12-18(16)27-20)26-21(24)22-6-2/h7-10,15-16,18H,5-6,11-13H2,1-4H3,(H,22,24). The quantitative estimate of drug-likeness (QED) is 0.741. The number of hydrogen-bond acceptors (Lipinski definition) is 5. The number of carbonyl (C=O) groups excluding carboxylic acids is 1. The first-order valence-electron chi connectivity index (χ1n) is 9.75. The van der Waals surface area contributed by atoms with E-state index in [1.165, 1.54) is 11.1 Å². The summed E-state index contributed by atoms with van der Waals surface area (Å²) in [6.07, 6.45) is 5.15. The fraction of sp³-hybridized carbons (Fsp3) is 0.571. The average Bonchev–Trinajstić information content (AvgIpc) is 3.01. The summed E-state index contributed by atoms with van der Waals surface area (Å²) in [4.78, 5) is 14.0. The zero-order valence-electron chi connectivity index (χ0n) is 16.7. The summed E-state index contributed by atoms with van der Waals surface area (Å²) >= 11 is 0. The van der Waals surface area contributed by atoms with E-state index in [0.29, 0.717) is 13.0 Å². The molecule has 0 aromatic heterocycles. The Morgan fingerprint density at radius 1 is 1.33 bits per heavy atom. The second-order valence-corrected chi connectivity index (χ2v) is 7.18. The highest BCUT2D eigenvalue weighted by Crippen LogP contribution is 2.49. The highest BCUT2D eigenvalue weighted by molar-refractivity contribution is 5.67. The molecule has 3 atom stereocenters. The third-order valence-corrected chi connectivity index (χ3v) is 5.10. The maximum absolute atomic E-state index is 11.7. The van der Waals surface area contributed by atoms with Gasteiger partial charge in [0.25, 0.3) is 0 Å². The first kappa shape index (κ1) is 19.5. The molecule has 3 rings (SSSR count). The van der Waals surface area contributed by atoms with Gasteiger partial charge < -0.3 is 24.4 Å². The molecule has 148 valence electrons.